The summed E-state index contributed by atoms with van der Waals surface area (Å²) in [5.74, 6) is 0.490. The zero-order chi connectivity index (χ0) is 18.6. The molecule has 1 atom stereocenters. The molecule has 0 fully saturated rings. The Hall–Kier alpha value is -1.68. The van der Waals surface area contributed by atoms with Crippen LogP contribution >= 0.6 is 34.4 Å². The van der Waals surface area contributed by atoms with E-state index >= 15 is 0 Å². The highest BCUT2D eigenvalue weighted by Gasteiger charge is 2.33. The van der Waals surface area contributed by atoms with Gasteiger partial charge < -0.3 is 14.2 Å². The summed E-state index contributed by atoms with van der Waals surface area (Å²) in [4.78, 5) is 17.7. The van der Waals surface area contributed by atoms with Gasteiger partial charge in [0.2, 0.25) is 5.91 Å². The summed E-state index contributed by atoms with van der Waals surface area (Å²) in [6, 6.07) is 6.37. The van der Waals surface area contributed by atoms with Gasteiger partial charge in [-0.05, 0) is 34.9 Å². The lowest BCUT2D eigenvalue weighted by atomic mass is 9.98. The van der Waals surface area contributed by atoms with Crippen LogP contribution in [0, 0.1) is 0 Å². The Balaban J connectivity index is 1.49. The smallest absolute Gasteiger partial charge is 0.233 e. The van der Waals surface area contributed by atoms with Crippen LogP contribution in [0.25, 0.3) is 0 Å². The van der Waals surface area contributed by atoms with Gasteiger partial charge in [-0.25, -0.2) is 0 Å². The topological polar surface area (TPSA) is 60.2 Å². The van der Waals surface area contributed by atoms with E-state index in [1.165, 1.54) is 27.1 Å². The van der Waals surface area contributed by atoms with E-state index in [-0.39, 0.29) is 11.9 Å². The maximum absolute atomic E-state index is 13.1. The summed E-state index contributed by atoms with van der Waals surface area (Å²) < 4.78 is 7.04. The van der Waals surface area contributed by atoms with Crippen molar-refractivity contribution in [2.75, 3.05) is 26.0 Å². The van der Waals surface area contributed by atoms with E-state index < -0.39 is 0 Å². The quantitative estimate of drug-likeness (QED) is 0.549. The Morgan fingerprint density at radius 3 is 3.11 bits per heavy atom. The van der Waals surface area contributed by atoms with Gasteiger partial charge in [-0.2, -0.15) is 0 Å². The maximum atomic E-state index is 13.1. The number of methoxy groups -OCH3 is 1. The molecule has 0 aromatic carbocycles. The Kier molecular flexibility index (Phi) is 5.92. The van der Waals surface area contributed by atoms with Crippen LogP contribution in [0.1, 0.15) is 21.4 Å². The van der Waals surface area contributed by atoms with Crippen LogP contribution in [-0.4, -0.2) is 51.6 Å². The van der Waals surface area contributed by atoms with Crippen molar-refractivity contribution in [2.24, 2.45) is 0 Å². The first kappa shape index (κ1) is 18.7. The minimum atomic E-state index is 0.0273. The second kappa shape index (κ2) is 8.55. The highest BCUT2D eigenvalue weighted by Crippen LogP contribution is 2.39. The fourth-order valence-corrected chi connectivity index (χ4v) is 5.83. The van der Waals surface area contributed by atoms with Crippen LogP contribution in [0.3, 0.4) is 0 Å². The summed E-state index contributed by atoms with van der Waals surface area (Å²) in [5.41, 5.74) is 1.27. The Bertz CT molecular complexity index is 890. The van der Waals surface area contributed by atoms with E-state index in [1.54, 1.807) is 36.1 Å². The van der Waals surface area contributed by atoms with Crippen LogP contribution in [0.2, 0.25) is 0 Å². The van der Waals surface area contributed by atoms with E-state index in [0.29, 0.717) is 18.9 Å². The molecular weight excluding hydrogens is 400 g/mol. The van der Waals surface area contributed by atoms with Crippen LogP contribution in [0.5, 0.6) is 0 Å². The van der Waals surface area contributed by atoms with Gasteiger partial charge >= 0.3 is 0 Å². The first-order valence-corrected chi connectivity index (χ1v) is 11.4. The molecule has 3 aromatic heterocycles. The van der Waals surface area contributed by atoms with E-state index in [9.17, 15) is 4.79 Å². The molecule has 142 valence electrons. The van der Waals surface area contributed by atoms with Crippen LogP contribution in [0.4, 0.5) is 0 Å². The van der Waals surface area contributed by atoms with Crippen molar-refractivity contribution in [3.63, 3.8) is 0 Å². The predicted octanol–water partition coefficient (Wildman–Crippen LogP) is 3.31. The lowest BCUT2D eigenvalue weighted by molar-refractivity contribution is -0.130. The maximum Gasteiger partial charge on any atom is 0.233 e. The van der Waals surface area contributed by atoms with Crippen molar-refractivity contribution in [3.8, 4) is 0 Å². The number of hydrogen-bond acceptors (Lipinski definition) is 7. The Morgan fingerprint density at radius 1 is 1.37 bits per heavy atom. The summed E-state index contributed by atoms with van der Waals surface area (Å²) in [7, 11) is 1.67. The molecule has 9 heteroatoms. The third-order valence-electron chi connectivity index (χ3n) is 4.54. The van der Waals surface area contributed by atoms with Gasteiger partial charge in [0.25, 0.3) is 0 Å². The summed E-state index contributed by atoms with van der Waals surface area (Å²) in [6.45, 7) is 2.03. The predicted molar refractivity (Wildman–Crippen MR) is 109 cm³/mol. The van der Waals surface area contributed by atoms with Crippen molar-refractivity contribution in [3.05, 3.63) is 50.6 Å². The molecule has 0 saturated carbocycles. The highest BCUT2D eigenvalue weighted by molar-refractivity contribution is 7.99. The van der Waals surface area contributed by atoms with Crippen LogP contribution in [-0.2, 0) is 22.5 Å². The first-order valence-electron chi connectivity index (χ1n) is 8.66. The third-order valence-corrected chi connectivity index (χ3v) is 7.43. The fraction of sp³-hybridized carbons (Fsp3) is 0.389. The molecule has 0 saturated heterocycles. The number of thioether (sulfide) groups is 1. The van der Waals surface area contributed by atoms with Crippen molar-refractivity contribution < 1.29 is 9.53 Å². The fourth-order valence-electron chi connectivity index (χ4n) is 3.25. The molecule has 1 aliphatic heterocycles. The van der Waals surface area contributed by atoms with Crippen molar-refractivity contribution >= 4 is 40.3 Å². The molecule has 4 heterocycles. The Labute approximate surface area is 170 Å². The van der Waals surface area contributed by atoms with Gasteiger partial charge in [-0.3, -0.25) is 4.79 Å². The standard InChI is InChI=1S/C18H20N4O2S3/c1-24-8-7-21-12-19-20-18(21)27-11-16(23)22-6-4-14-13(5-10-26-14)17(22)15-3-2-9-25-15/h2-3,5,9-10,12,17H,4,6-8,11H2,1H3/t17-/m0/s1. The van der Waals surface area contributed by atoms with Crippen LogP contribution in [0.15, 0.2) is 40.4 Å². The summed E-state index contributed by atoms with van der Waals surface area (Å²) >= 11 is 4.93. The van der Waals surface area contributed by atoms with Gasteiger partial charge in [0.1, 0.15) is 6.33 Å². The van der Waals surface area contributed by atoms with Crippen molar-refractivity contribution in [1.82, 2.24) is 19.7 Å². The largest absolute Gasteiger partial charge is 0.383 e. The Morgan fingerprint density at radius 2 is 2.30 bits per heavy atom. The molecule has 0 N–H and O–H groups in total. The highest BCUT2D eigenvalue weighted by atomic mass is 32.2. The third kappa shape index (κ3) is 3.96. The number of aromatic nitrogens is 3. The van der Waals surface area contributed by atoms with E-state index in [4.69, 9.17) is 4.74 Å². The lowest BCUT2D eigenvalue weighted by Gasteiger charge is -2.35. The molecule has 1 amide bonds. The van der Waals surface area contributed by atoms with Crippen molar-refractivity contribution in [1.29, 1.82) is 0 Å². The zero-order valence-corrected chi connectivity index (χ0v) is 17.4. The van der Waals surface area contributed by atoms with E-state index in [0.717, 1.165) is 18.1 Å². The number of carbonyl (C=O) groups excluding carboxylic acids is 1. The van der Waals surface area contributed by atoms with E-state index in [2.05, 4.69) is 39.2 Å². The molecule has 4 rings (SSSR count). The summed E-state index contributed by atoms with van der Waals surface area (Å²) in [6.07, 6.45) is 2.61. The zero-order valence-electron chi connectivity index (χ0n) is 14.9. The molecule has 0 aliphatic carbocycles. The van der Waals surface area contributed by atoms with Gasteiger partial charge in [0.15, 0.2) is 5.16 Å². The average Bonchev–Trinajstić information content (AvgIpc) is 3.45. The minimum absolute atomic E-state index is 0.0273. The molecule has 6 nitrogen and oxygen atoms in total. The molecule has 3 aromatic rings. The van der Waals surface area contributed by atoms with Gasteiger partial charge in [0, 0.05) is 30.0 Å². The number of rotatable bonds is 7. The second-order valence-electron chi connectivity index (χ2n) is 6.14. The number of ether oxygens (including phenoxy) is 1. The molecule has 0 unspecified atom stereocenters. The average molecular weight is 421 g/mol. The molecular formula is C18H20N4O2S3. The number of nitrogens with zero attached hydrogens (tertiary/aromatic N) is 4. The SMILES string of the molecule is COCCn1cnnc1SCC(=O)N1CCc2sccc2[C@H]1c1cccs1. The minimum Gasteiger partial charge on any atom is -0.383 e. The lowest BCUT2D eigenvalue weighted by Crippen LogP contribution is -2.40. The van der Waals surface area contributed by atoms with Gasteiger partial charge in [-0.1, -0.05) is 17.8 Å². The molecule has 0 bridgehead atoms. The molecule has 1 aliphatic rings. The number of hydrogen-bond donors (Lipinski definition) is 0. The van der Waals surface area contributed by atoms with Gasteiger partial charge in [-0.15, -0.1) is 32.9 Å². The van der Waals surface area contributed by atoms with Crippen molar-refractivity contribution in [2.45, 2.75) is 24.2 Å². The normalized spacial score (nSPS) is 16.5. The number of amides is 1. The number of fused-ring (bicyclic) bond motifs is 1. The summed E-state index contributed by atoms with van der Waals surface area (Å²) in [5, 5.41) is 13.1. The van der Waals surface area contributed by atoms with Crippen LogP contribution < -0.4 is 0 Å². The first-order chi connectivity index (χ1) is 13.3. The van der Waals surface area contributed by atoms with E-state index in [1.807, 2.05) is 9.47 Å². The second-order valence-corrected chi connectivity index (χ2v) is 9.07. The number of thiophene rings is 2. The molecule has 27 heavy (non-hydrogen) atoms. The molecule has 0 spiro atoms. The number of carbonyl (C=O) groups is 1. The monoisotopic (exact) mass is 420 g/mol. The van der Waals surface area contributed by atoms with Gasteiger partial charge in [0.05, 0.1) is 18.4 Å². The molecule has 0 radical (unpaired) electrons.